The van der Waals surface area contributed by atoms with Crippen LogP contribution >= 0.6 is 0 Å². The van der Waals surface area contributed by atoms with Gasteiger partial charge in [-0.15, -0.1) is 0 Å². The molecule has 0 saturated carbocycles. The Morgan fingerprint density at radius 3 is 3.00 bits per heavy atom. The minimum absolute atomic E-state index is 0.511. The van der Waals surface area contributed by atoms with Crippen molar-refractivity contribution in [2.75, 3.05) is 20.3 Å². The van der Waals surface area contributed by atoms with E-state index in [9.17, 15) is 0 Å². The molecule has 0 unspecified atom stereocenters. The predicted molar refractivity (Wildman–Crippen MR) is 54.1 cm³/mol. The molecule has 0 aromatic carbocycles. The summed E-state index contributed by atoms with van der Waals surface area (Å²) in [4.78, 5) is 4.07. The predicted octanol–water partition coefficient (Wildman–Crippen LogP) is 0.956. The van der Waals surface area contributed by atoms with E-state index >= 15 is 0 Å². The number of nitrogens with zero attached hydrogens (tertiary/aromatic N) is 1. The molecule has 0 aliphatic carbocycles. The molecule has 78 valence electrons. The summed E-state index contributed by atoms with van der Waals surface area (Å²) < 4.78 is 10.3. The fourth-order valence-corrected chi connectivity index (χ4v) is 1.04. The van der Waals surface area contributed by atoms with Gasteiger partial charge in [0.1, 0.15) is 0 Å². The first-order valence-electron chi connectivity index (χ1n) is 4.63. The molecular weight excluding hydrogens is 180 g/mol. The maximum Gasteiger partial charge on any atom is 0.213 e. The fraction of sp³-hybridized carbons (Fsp3) is 0.500. The molecule has 0 aliphatic heterocycles. The van der Waals surface area contributed by atoms with Crippen LogP contribution in [0.5, 0.6) is 5.88 Å². The molecule has 1 aromatic heterocycles. The van der Waals surface area contributed by atoms with Gasteiger partial charge < -0.3 is 15.2 Å². The molecule has 0 atom stereocenters. The van der Waals surface area contributed by atoms with Gasteiger partial charge in [-0.2, -0.15) is 0 Å². The van der Waals surface area contributed by atoms with Crippen LogP contribution in [0.2, 0.25) is 0 Å². The Labute approximate surface area is 84.0 Å². The molecule has 2 N–H and O–H groups in total. The topological polar surface area (TPSA) is 57.4 Å². The fourth-order valence-electron chi connectivity index (χ4n) is 1.04. The smallest absolute Gasteiger partial charge is 0.213 e. The van der Waals surface area contributed by atoms with Crippen molar-refractivity contribution in [3.8, 4) is 5.88 Å². The molecule has 0 aliphatic rings. The lowest BCUT2D eigenvalue weighted by Crippen LogP contribution is -2.03. The zero-order chi connectivity index (χ0) is 10.2. The average molecular weight is 196 g/mol. The third kappa shape index (κ3) is 3.72. The van der Waals surface area contributed by atoms with Gasteiger partial charge in [0.25, 0.3) is 0 Å². The monoisotopic (exact) mass is 196 g/mol. The largest absolute Gasteiger partial charge is 0.478 e. The van der Waals surface area contributed by atoms with Crippen molar-refractivity contribution in [1.82, 2.24) is 4.98 Å². The molecule has 4 nitrogen and oxygen atoms in total. The van der Waals surface area contributed by atoms with Gasteiger partial charge in [0, 0.05) is 38.9 Å². The van der Waals surface area contributed by atoms with Crippen LogP contribution in [0.3, 0.4) is 0 Å². The van der Waals surface area contributed by atoms with Gasteiger partial charge in [0.05, 0.1) is 6.61 Å². The van der Waals surface area contributed by atoms with Gasteiger partial charge in [0.2, 0.25) is 5.88 Å². The van der Waals surface area contributed by atoms with Crippen LogP contribution in [0.4, 0.5) is 0 Å². The molecule has 0 fully saturated rings. The molecule has 1 aromatic rings. The van der Waals surface area contributed by atoms with Crippen molar-refractivity contribution in [2.24, 2.45) is 5.73 Å². The maximum atomic E-state index is 5.49. The summed E-state index contributed by atoms with van der Waals surface area (Å²) in [6.45, 7) is 1.84. The lowest BCUT2D eigenvalue weighted by Gasteiger charge is -2.05. The zero-order valence-corrected chi connectivity index (χ0v) is 8.40. The SMILES string of the molecule is COCCCOc1cc(CN)ccn1. The van der Waals surface area contributed by atoms with Gasteiger partial charge in [-0.05, 0) is 11.6 Å². The molecule has 14 heavy (non-hydrogen) atoms. The normalized spacial score (nSPS) is 10.1. The summed E-state index contributed by atoms with van der Waals surface area (Å²) in [7, 11) is 1.67. The summed E-state index contributed by atoms with van der Waals surface area (Å²) in [6.07, 6.45) is 2.57. The molecule has 1 rings (SSSR count). The highest BCUT2D eigenvalue weighted by Gasteiger charge is 1.96. The van der Waals surface area contributed by atoms with Crippen LogP contribution in [0.1, 0.15) is 12.0 Å². The van der Waals surface area contributed by atoms with Crippen molar-refractivity contribution >= 4 is 0 Å². The number of methoxy groups -OCH3 is 1. The van der Waals surface area contributed by atoms with Crippen LogP contribution < -0.4 is 10.5 Å². The summed E-state index contributed by atoms with van der Waals surface area (Å²) in [6, 6.07) is 3.73. The number of hydrogen-bond acceptors (Lipinski definition) is 4. The molecular formula is C10H16N2O2. The Kier molecular flexibility index (Phi) is 4.96. The molecule has 0 amide bonds. The Bertz CT molecular complexity index is 266. The number of ether oxygens (including phenoxy) is 2. The van der Waals surface area contributed by atoms with Gasteiger partial charge in [0.15, 0.2) is 0 Å². The molecule has 0 bridgehead atoms. The second kappa shape index (κ2) is 6.34. The number of aromatic nitrogens is 1. The van der Waals surface area contributed by atoms with Gasteiger partial charge in [-0.1, -0.05) is 0 Å². The molecule has 4 heteroatoms. The van der Waals surface area contributed by atoms with E-state index in [1.54, 1.807) is 13.3 Å². The van der Waals surface area contributed by atoms with Gasteiger partial charge >= 0.3 is 0 Å². The quantitative estimate of drug-likeness (QED) is 0.688. The Morgan fingerprint density at radius 2 is 2.29 bits per heavy atom. The Morgan fingerprint density at radius 1 is 1.43 bits per heavy atom. The van der Waals surface area contributed by atoms with Crippen LogP contribution in [-0.4, -0.2) is 25.3 Å². The number of hydrogen-bond donors (Lipinski definition) is 1. The number of nitrogens with two attached hydrogens (primary N) is 1. The van der Waals surface area contributed by atoms with Gasteiger partial charge in [-0.25, -0.2) is 4.98 Å². The highest BCUT2D eigenvalue weighted by molar-refractivity contribution is 5.19. The van der Waals surface area contributed by atoms with Crippen LogP contribution in [0, 0.1) is 0 Å². The molecule has 0 radical (unpaired) electrons. The summed E-state index contributed by atoms with van der Waals surface area (Å²) in [5, 5.41) is 0. The van der Waals surface area contributed by atoms with Crippen LogP contribution in [0.25, 0.3) is 0 Å². The first kappa shape index (κ1) is 10.9. The van der Waals surface area contributed by atoms with E-state index in [1.807, 2.05) is 12.1 Å². The van der Waals surface area contributed by atoms with Gasteiger partial charge in [-0.3, -0.25) is 0 Å². The molecule has 0 saturated heterocycles. The second-order valence-electron chi connectivity index (χ2n) is 2.90. The number of pyridine rings is 1. The van der Waals surface area contributed by atoms with E-state index in [1.165, 1.54) is 0 Å². The zero-order valence-electron chi connectivity index (χ0n) is 8.40. The summed E-state index contributed by atoms with van der Waals surface area (Å²) in [5.74, 6) is 0.629. The lowest BCUT2D eigenvalue weighted by atomic mass is 10.3. The van der Waals surface area contributed by atoms with Crippen LogP contribution in [0.15, 0.2) is 18.3 Å². The van der Waals surface area contributed by atoms with Crippen molar-refractivity contribution < 1.29 is 9.47 Å². The Balaban J connectivity index is 2.34. The summed E-state index contributed by atoms with van der Waals surface area (Å²) in [5.41, 5.74) is 6.52. The standard InChI is InChI=1S/C10H16N2O2/c1-13-5-2-6-14-10-7-9(8-11)3-4-12-10/h3-4,7H,2,5-6,8,11H2,1H3. The summed E-state index contributed by atoms with van der Waals surface area (Å²) >= 11 is 0. The second-order valence-corrected chi connectivity index (χ2v) is 2.90. The lowest BCUT2D eigenvalue weighted by molar-refractivity contribution is 0.170. The van der Waals surface area contributed by atoms with Crippen molar-refractivity contribution in [3.63, 3.8) is 0 Å². The minimum Gasteiger partial charge on any atom is -0.478 e. The van der Waals surface area contributed by atoms with E-state index in [-0.39, 0.29) is 0 Å². The molecule has 1 heterocycles. The van der Waals surface area contributed by atoms with E-state index in [0.717, 1.165) is 12.0 Å². The minimum atomic E-state index is 0.511. The van der Waals surface area contributed by atoms with Crippen LogP contribution in [-0.2, 0) is 11.3 Å². The first-order valence-corrected chi connectivity index (χ1v) is 4.63. The van der Waals surface area contributed by atoms with Crippen molar-refractivity contribution in [3.05, 3.63) is 23.9 Å². The van der Waals surface area contributed by atoms with Crippen molar-refractivity contribution in [2.45, 2.75) is 13.0 Å². The average Bonchev–Trinajstić information content (AvgIpc) is 2.25. The molecule has 0 spiro atoms. The van der Waals surface area contributed by atoms with E-state index in [2.05, 4.69) is 4.98 Å². The first-order chi connectivity index (χ1) is 6.86. The maximum absolute atomic E-state index is 5.49. The highest BCUT2D eigenvalue weighted by Crippen LogP contribution is 2.08. The highest BCUT2D eigenvalue weighted by atomic mass is 16.5. The Hall–Kier alpha value is -1.13. The van der Waals surface area contributed by atoms with E-state index in [4.69, 9.17) is 15.2 Å². The van der Waals surface area contributed by atoms with Crippen molar-refractivity contribution in [1.29, 1.82) is 0 Å². The third-order valence-corrected chi connectivity index (χ3v) is 1.78. The van der Waals surface area contributed by atoms with E-state index < -0.39 is 0 Å². The third-order valence-electron chi connectivity index (χ3n) is 1.78. The van der Waals surface area contributed by atoms with E-state index in [0.29, 0.717) is 25.6 Å². The number of rotatable bonds is 6.